The summed E-state index contributed by atoms with van der Waals surface area (Å²) in [6, 6.07) is 7.93. The molecule has 5 nitrogen and oxygen atoms in total. The fourth-order valence-electron chi connectivity index (χ4n) is 3.23. The summed E-state index contributed by atoms with van der Waals surface area (Å²) in [4.78, 5) is 25.5. The molecule has 24 heavy (non-hydrogen) atoms. The molecular weight excluding hydrogens is 300 g/mol. The largest absolute Gasteiger partial charge is 0.363 e. The lowest BCUT2D eigenvalue weighted by Crippen LogP contribution is -2.35. The maximum absolute atomic E-state index is 13.1. The van der Waals surface area contributed by atoms with Crippen molar-refractivity contribution < 1.29 is 4.79 Å². The van der Waals surface area contributed by atoms with Gasteiger partial charge in [-0.05, 0) is 42.7 Å². The van der Waals surface area contributed by atoms with Gasteiger partial charge in [0, 0.05) is 39.2 Å². The highest BCUT2D eigenvalue weighted by molar-refractivity contribution is 5.94. The maximum atomic E-state index is 13.1. The van der Waals surface area contributed by atoms with Crippen molar-refractivity contribution in [3.8, 4) is 0 Å². The number of likely N-dealkylation sites (tertiary alicyclic amines) is 1. The first-order valence-electron chi connectivity index (χ1n) is 8.51. The Kier molecular flexibility index (Phi) is 5.08. The average Bonchev–Trinajstić information content (AvgIpc) is 2.88. The van der Waals surface area contributed by atoms with Gasteiger partial charge in [0.15, 0.2) is 0 Å². The molecule has 5 heteroatoms. The molecule has 0 saturated carbocycles. The summed E-state index contributed by atoms with van der Waals surface area (Å²) in [5.41, 5.74) is 1.82. The first-order valence-corrected chi connectivity index (χ1v) is 8.51. The first kappa shape index (κ1) is 16.4. The second-order valence-electron chi connectivity index (χ2n) is 6.44. The van der Waals surface area contributed by atoms with Gasteiger partial charge in [-0.2, -0.15) is 0 Å². The number of anilines is 1. The molecule has 2 aromatic heterocycles. The zero-order chi connectivity index (χ0) is 16.9. The summed E-state index contributed by atoms with van der Waals surface area (Å²) < 4.78 is 0. The Morgan fingerprint density at radius 1 is 1.12 bits per heavy atom. The summed E-state index contributed by atoms with van der Waals surface area (Å²) in [7, 11) is 3.89. The van der Waals surface area contributed by atoms with Crippen molar-refractivity contribution in [2.45, 2.75) is 31.7 Å². The van der Waals surface area contributed by atoms with Crippen LogP contribution in [0.25, 0.3) is 0 Å². The highest BCUT2D eigenvalue weighted by Gasteiger charge is 2.27. The summed E-state index contributed by atoms with van der Waals surface area (Å²) in [6.45, 7) is 0.793. The lowest BCUT2D eigenvalue weighted by molar-refractivity contribution is 0.0680. The first-order chi connectivity index (χ1) is 11.7. The maximum Gasteiger partial charge on any atom is 0.255 e. The summed E-state index contributed by atoms with van der Waals surface area (Å²) in [5, 5.41) is 0. The van der Waals surface area contributed by atoms with Crippen LogP contribution >= 0.6 is 0 Å². The van der Waals surface area contributed by atoms with E-state index in [0.29, 0.717) is 5.56 Å². The number of aromatic nitrogens is 2. The Hall–Kier alpha value is -2.43. The molecule has 0 aliphatic carbocycles. The highest BCUT2D eigenvalue weighted by Crippen LogP contribution is 2.31. The van der Waals surface area contributed by atoms with E-state index in [4.69, 9.17) is 0 Å². The van der Waals surface area contributed by atoms with Gasteiger partial charge in [0.25, 0.3) is 5.91 Å². The average molecular weight is 324 g/mol. The molecule has 0 N–H and O–H groups in total. The highest BCUT2D eigenvalue weighted by atomic mass is 16.2. The molecule has 3 heterocycles. The van der Waals surface area contributed by atoms with Gasteiger partial charge in [0.05, 0.1) is 11.6 Å². The SMILES string of the molecule is CN(C)c1ccc(C(=O)N2CCCCC[C@@H]2c2ccncc2)cn1. The second-order valence-corrected chi connectivity index (χ2v) is 6.44. The topological polar surface area (TPSA) is 49.3 Å². The van der Waals surface area contributed by atoms with Crippen LogP contribution in [-0.4, -0.2) is 41.4 Å². The second kappa shape index (κ2) is 7.43. The van der Waals surface area contributed by atoms with Crippen molar-refractivity contribution in [1.29, 1.82) is 0 Å². The van der Waals surface area contributed by atoms with Gasteiger partial charge in [-0.15, -0.1) is 0 Å². The molecule has 2 aromatic rings. The summed E-state index contributed by atoms with van der Waals surface area (Å²) >= 11 is 0. The van der Waals surface area contributed by atoms with Gasteiger partial charge in [-0.25, -0.2) is 4.98 Å². The van der Waals surface area contributed by atoms with Gasteiger partial charge in [0.1, 0.15) is 5.82 Å². The molecule has 1 fully saturated rings. The molecule has 1 aliphatic heterocycles. The van der Waals surface area contributed by atoms with Crippen LogP contribution in [0.1, 0.15) is 47.6 Å². The molecule has 0 radical (unpaired) electrons. The quantitative estimate of drug-likeness (QED) is 0.869. The number of carbonyl (C=O) groups excluding carboxylic acids is 1. The van der Waals surface area contributed by atoms with Crippen molar-refractivity contribution in [3.63, 3.8) is 0 Å². The van der Waals surface area contributed by atoms with Crippen LogP contribution in [0.5, 0.6) is 0 Å². The predicted molar refractivity (Wildman–Crippen MR) is 95.0 cm³/mol. The number of hydrogen-bond donors (Lipinski definition) is 0. The summed E-state index contributed by atoms with van der Waals surface area (Å²) in [5.74, 6) is 0.921. The Morgan fingerprint density at radius 3 is 2.58 bits per heavy atom. The molecule has 0 aromatic carbocycles. The molecule has 0 unspecified atom stereocenters. The zero-order valence-corrected chi connectivity index (χ0v) is 14.4. The van der Waals surface area contributed by atoms with Crippen molar-refractivity contribution in [2.75, 3.05) is 25.5 Å². The van der Waals surface area contributed by atoms with E-state index in [1.165, 1.54) is 6.42 Å². The number of rotatable bonds is 3. The lowest BCUT2D eigenvalue weighted by atomic mass is 10.0. The van der Waals surface area contributed by atoms with Crippen LogP contribution in [-0.2, 0) is 0 Å². The smallest absolute Gasteiger partial charge is 0.255 e. The molecular formula is C19H24N4O. The Labute approximate surface area is 143 Å². The Bertz CT molecular complexity index is 670. The third-order valence-electron chi connectivity index (χ3n) is 4.56. The third-order valence-corrected chi connectivity index (χ3v) is 4.56. The molecule has 0 spiro atoms. The minimum atomic E-state index is 0.0662. The molecule has 1 aliphatic rings. The molecule has 126 valence electrons. The minimum Gasteiger partial charge on any atom is -0.363 e. The molecule has 0 bridgehead atoms. The fourth-order valence-corrected chi connectivity index (χ4v) is 3.23. The molecule has 3 rings (SSSR count). The van der Waals surface area contributed by atoms with Crippen molar-refractivity contribution in [3.05, 3.63) is 54.0 Å². The van der Waals surface area contributed by atoms with Gasteiger partial charge in [0.2, 0.25) is 0 Å². The monoisotopic (exact) mass is 324 g/mol. The van der Waals surface area contributed by atoms with Crippen molar-refractivity contribution in [1.82, 2.24) is 14.9 Å². The van der Waals surface area contributed by atoms with E-state index < -0.39 is 0 Å². The van der Waals surface area contributed by atoms with E-state index in [1.54, 1.807) is 18.6 Å². The van der Waals surface area contributed by atoms with Crippen LogP contribution in [0, 0.1) is 0 Å². The van der Waals surface area contributed by atoms with Crippen molar-refractivity contribution >= 4 is 11.7 Å². The normalized spacial score (nSPS) is 18.1. The standard InChI is InChI=1S/C19H24N4O/c1-22(2)18-8-7-16(14-21-18)19(24)23-13-5-3-4-6-17(23)15-9-11-20-12-10-15/h7-12,14,17H,3-6,13H2,1-2H3/t17-/m1/s1. The van der Waals surface area contributed by atoms with Gasteiger partial charge >= 0.3 is 0 Å². The number of hydrogen-bond acceptors (Lipinski definition) is 4. The number of amides is 1. The zero-order valence-electron chi connectivity index (χ0n) is 14.4. The Balaban J connectivity index is 1.87. The van der Waals surface area contributed by atoms with Gasteiger partial charge < -0.3 is 9.80 Å². The van der Waals surface area contributed by atoms with E-state index in [0.717, 1.165) is 37.2 Å². The van der Waals surface area contributed by atoms with Gasteiger partial charge in [-0.3, -0.25) is 9.78 Å². The van der Waals surface area contributed by atoms with Crippen molar-refractivity contribution in [2.24, 2.45) is 0 Å². The number of pyridine rings is 2. The van der Waals surface area contributed by atoms with Crippen LogP contribution in [0.2, 0.25) is 0 Å². The molecule has 1 atom stereocenters. The van der Waals surface area contributed by atoms with E-state index in [-0.39, 0.29) is 11.9 Å². The lowest BCUT2D eigenvalue weighted by Gasteiger charge is -2.30. The van der Waals surface area contributed by atoms with E-state index in [1.807, 2.05) is 48.2 Å². The number of carbonyl (C=O) groups is 1. The third kappa shape index (κ3) is 3.55. The van der Waals surface area contributed by atoms with E-state index in [9.17, 15) is 4.79 Å². The molecule has 1 amide bonds. The van der Waals surface area contributed by atoms with Crippen LogP contribution in [0.3, 0.4) is 0 Å². The summed E-state index contributed by atoms with van der Waals surface area (Å²) in [6.07, 6.45) is 9.66. The van der Waals surface area contributed by atoms with Crippen LogP contribution in [0.4, 0.5) is 5.82 Å². The fraction of sp³-hybridized carbons (Fsp3) is 0.421. The van der Waals surface area contributed by atoms with Crippen LogP contribution in [0.15, 0.2) is 42.9 Å². The number of nitrogens with zero attached hydrogens (tertiary/aromatic N) is 4. The van der Waals surface area contributed by atoms with Gasteiger partial charge in [-0.1, -0.05) is 12.8 Å². The van der Waals surface area contributed by atoms with E-state index >= 15 is 0 Å². The Morgan fingerprint density at radius 2 is 1.92 bits per heavy atom. The van der Waals surface area contributed by atoms with E-state index in [2.05, 4.69) is 9.97 Å². The minimum absolute atomic E-state index is 0.0662. The van der Waals surface area contributed by atoms with Crippen LogP contribution < -0.4 is 4.90 Å². The molecule has 1 saturated heterocycles. The predicted octanol–water partition coefficient (Wildman–Crippen LogP) is 3.30.